The number of aliphatic hydroxyl groups excluding tert-OH is 1. The van der Waals surface area contributed by atoms with Crippen molar-refractivity contribution in [1.82, 2.24) is 25.3 Å². The second-order valence-corrected chi connectivity index (χ2v) is 9.83. The molecule has 0 spiro atoms. The van der Waals surface area contributed by atoms with Crippen LogP contribution in [0.25, 0.3) is 22.6 Å². The zero-order valence-electron chi connectivity index (χ0n) is 22.1. The fraction of sp³-hybridized carbons (Fsp3) is 0.407. The predicted molar refractivity (Wildman–Crippen MR) is 146 cm³/mol. The molecule has 210 valence electrons. The number of aromatic nitrogens is 4. The second-order valence-electron chi connectivity index (χ2n) is 9.83. The van der Waals surface area contributed by atoms with Gasteiger partial charge in [-0.15, -0.1) is 0 Å². The summed E-state index contributed by atoms with van der Waals surface area (Å²) in [6, 6.07) is 7.78. The molecule has 1 saturated heterocycles. The van der Waals surface area contributed by atoms with E-state index in [9.17, 15) is 9.18 Å². The molecule has 0 saturated carbocycles. The Morgan fingerprint density at radius 1 is 1.20 bits per heavy atom. The van der Waals surface area contributed by atoms with Crippen molar-refractivity contribution in [2.75, 3.05) is 51.3 Å². The second kappa shape index (κ2) is 12.4. The maximum Gasteiger partial charge on any atom is 0.281 e. The SMILES string of the molecule is CC1(C(=O)NCCO)COC(c2nc(-c3ccc(F)cc3)c(-c3ccnc(NCCC[N+]4=CN=CC4)n3)[nH]2)OC1. The Balaban J connectivity index is 1.34. The zero-order chi connectivity index (χ0) is 28.0. The number of nitrogens with zero attached hydrogens (tertiary/aromatic N) is 5. The number of nitrogens with one attached hydrogen (secondary N) is 3. The number of rotatable bonds is 11. The molecule has 4 N–H and O–H groups in total. The first-order valence-corrected chi connectivity index (χ1v) is 13.1. The predicted octanol–water partition coefficient (Wildman–Crippen LogP) is 1.76. The topological polar surface area (TPSA) is 150 Å². The Kier molecular flexibility index (Phi) is 8.53. The first-order valence-electron chi connectivity index (χ1n) is 13.1. The van der Waals surface area contributed by atoms with Crippen molar-refractivity contribution in [1.29, 1.82) is 0 Å². The van der Waals surface area contributed by atoms with Crippen LogP contribution in [0.5, 0.6) is 0 Å². The van der Waals surface area contributed by atoms with E-state index in [0.717, 1.165) is 19.5 Å². The van der Waals surface area contributed by atoms with Gasteiger partial charge in [0.15, 0.2) is 12.0 Å². The number of benzene rings is 1. The first-order chi connectivity index (χ1) is 19.4. The van der Waals surface area contributed by atoms with Crippen LogP contribution in [0.4, 0.5) is 10.3 Å². The Bertz CT molecular complexity index is 1380. The molecule has 4 heterocycles. The van der Waals surface area contributed by atoms with E-state index in [0.29, 0.717) is 41.0 Å². The molecule has 40 heavy (non-hydrogen) atoms. The van der Waals surface area contributed by atoms with Crippen LogP contribution in [0.1, 0.15) is 25.5 Å². The Morgan fingerprint density at radius 3 is 2.73 bits per heavy atom. The number of anilines is 1. The average molecular weight is 552 g/mol. The number of aliphatic imine (C=N–C) groups is 1. The van der Waals surface area contributed by atoms with Gasteiger partial charge in [-0.3, -0.25) is 9.37 Å². The van der Waals surface area contributed by atoms with Crippen molar-refractivity contribution in [2.24, 2.45) is 10.4 Å². The number of carbonyl (C=O) groups is 1. The summed E-state index contributed by atoms with van der Waals surface area (Å²) in [7, 11) is 0. The minimum Gasteiger partial charge on any atom is -0.395 e. The van der Waals surface area contributed by atoms with Gasteiger partial charge in [0.25, 0.3) is 6.34 Å². The summed E-state index contributed by atoms with van der Waals surface area (Å²) in [6.07, 6.45) is 5.39. The summed E-state index contributed by atoms with van der Waals surface area (Å²) < 4.78 is 27.6. The van der Waals surface area contributed by atoms with Crippen LogP contribution in [-0.2, 0) is 14.3 Å². The van der Waals surface area contributed by atoms with Gasteiger partial charge in [-0.25, -0.2) is 19.3 Å². The summed E-state index contributed by atoms with van der Waals surface area (Å²) in [6.45, 7) is 4.31. The van der Waals surface area contributed by atoms with Crippen LogP contribution >= 0.6 is 0 Å². The minimum atomic E-state index is -0.909. The molecule has 12 nitrogen and oxygen atoms in total. The van der Waals surface area contributed by atoms with Crippen molar-refractivity contribution in [3.8, 4) is 22.6 Å². The lowest BCUT2D eigenvalue weighted by Gasteiger charge is -2.35. The van der Waals surface area contributed by atoms with Gasteiger partial charge in [-0.2, -0.15) is 0 Å². The molecule has 1 fully saturated rings. The molecule has 5 rings (SSSR count). The van der Waals surface area contributed by atoms with Gasteiger partial charge in [0.2, 0.25) is 18.1 Å². The van der Waals surface area contributed by atoms with E-state index in [2.05, 4.69) is 35.2 Å². The number of imidazole rings is 1. The molecule has 3 aromatic rings. The Morgan fingerprint density at radius 2 is 2.00 bits per heavy atom. The number of carbonyl (C=O) groups excluding carboxylic acids is 1. The molecule has 0 aliphatic carbocycles. The number of H-pyrrole nitrogens is 1. The maximum absolute atomic E-state index is 13.7. The lowest BCUT2D eigenvalue weighted by molar-refractivity contribution is -0.504. The molecular weight excluding hydrogens is 519 g/mol. The monoisotopic (exact) mass is 551 g/mol. The van der Waals surface area contributed by atoms with Crippen molar-refractivity contribution in [3.63, 3.8) is 0 Å². The molecule has 2 aliphatic rings. The molecule has 1 amide bonds. The van der Waals surface area contributed by atoms with Gasteiger partial charge in [0.05, 0.1) is 48.9 Å². The third-order valence-electron chi connectivity index (χ3n) is 6.58. The van der Waals surface area contributed by atoms with Crippen molar-refractivity contribution >= 4 is 24.4 Å². The highest BCUT2D eigenvalue weighted by Gasteiger charge is 2.40. The van der Waals surface area contributed by atoms with Crippen LogP contribution in [0.15, 0.2) is 41.5 Å². The van der Waals surface area contributed by atoms with Gasteiger partial charge in [0.1, 0.15) is 12.4 Å². The number of hydrogen-bond acceptors (Lipinski definition) is 9. The number of amides is 1. The minimum absolute atomic E-state index is 0.0970. The third-order valence-corrected chi connectivity index (χ3v) is 6.58. The smallest absolute Gasteiger partial charge is 0.281 e. The molecule has 1 aromatic carbocycles. The van der Waals surface area contributed by atoms with Crippen LogP contribution in [0.2, 0.25) is 0 Å². The molecule has 0 unspecified atom stereocenters. The maximum atomic E-state index is 13.7. The lowest BCUT2D eigenvalue weighted by Crippen LogP contribution is -2.49. The van der Waals surface area contributed by atoms with Crippen LogP contribution in [0.3, 0.4) is 0 Å². The van der Waals surface area contributed by atoms with Crippen molar-refractivity contribution in [2.45, 2.75) is 19.6 Å². The fourth-order valence-corrected chi connectivity index (χ4v) is 4.34. The molecule has 0 atom stereocenters. The van der Waals surface area contributed by atoms with Gasteiger partial charge < -0.3 is 30.2 Å². The van der Waals surface area contributed by atoms with E-state index < -0.39 is 11.7 Å². The standard InChI is InChI=1S/C27H31FN8O4/c1-27(25(38)30-11-14-37)15-39-24(40-16-27)23-34-21(18-3-5-19(28)6-4-18)22(35-23)20-7-9-32-26(33-20)31-8-2-12-36-13-10-29-17-36/h3-7,9-10,17,24,37H,2,8,11-16H2,1H3,(H2-,30,31,32,33,34,35,38)/p+1. The molecule has 13 heteroatoms. The quantitative estimate of drug-likeness (QED) is 0.208. The summed E-state index contributed by atoms with van der Waals surface area (Å²) in [4.78, 5) is 33.6. The number of aromatic amines is 1. The third kappa shape index (κ3) is 6.38. The highest BCUT2D eigenvalue weighted by molar-refractivity contribution is 5.82. The van der Waals surface area contributed by atoms with E-state index >= 15 is 0 Å². The molecule has 2 aromatic heterocycles. The van der Waals surface area contributed by atoms with Crippen molar-refractivity contribution < 1.29 is 28.3 Å². The Labute approximate surface area is 230 Å². The van der Waals surface area contributed by atoms with Crippen LogP contribution < -0.4 is 10.6 Å². The largest absolute Gasteiger partial charge is 0.395 e. The summed E-state index contributed by atoms with van der Waals surface area (Å²) in [5.41, 5.74) is 1.50. The molecule has 0 bridgehead atoms. The summed E-state index contributed by atoms with van der Waals surface area (Å²) in [5.74, 6) is 0.241. The highest BCUT2D eigenvalue weighted by atomic mass is 19.1. The Hall–Kier alpha value is -4.07. The zero-order valence-corrected chi connectivity index (χ0v) is 22.1. The van der Waals surface area contributed by atoms with Crippen LogP contribution in [0, 0.1) is 11.2 Å². The average Bonchev–Trinajstić information content (AvgIpc) is 3.66. The molecular formula is C27H32FN8O4+. The van der Waals surface area contributed by atoms with Gasteiger partial charge in [-0.1, -0.05) is 4.99 Å². The molecule has 0 radical (unpaired) electrons. The fourth-order valence-electron chi connectivity index (χ4n) is 4.34. The summed E-state index contributed by atoms with van der Waals surface area (Å²) in [5, 5.41) is 14.9. The summed E-state index contributed by atoms with van der Waals surface area (Å²) >= 11 is 0. The number of ether oxygens (including phenoxy) is 2. The van der Waals surface area contributed by atoms with Gasteiger partial charge in [0, 0.05) is 31.3 Å². The van der Waals surface area contributed by atoms with Crippen LogP contribution in [-0.4, -0.2) is 94.1 Å². The molecule has 2 aliphatic heterocycles. The van der Waals surface area contributed by atoms with Crippen molar-refractivity contribution in [3.05, 3.63) is 48.2 Å². The van der Waals surface area contributed by atoms with E-state index in [1.807, 2.05) is 12.6 Å². The van der Waals surface area contributed by atoms with Gasteiger partial charge >= 0.3 is 0 Å². The number of hydrogen-bond donors (Lipinski definition) is 4. The van der Waals surface area contributed by atoms with Gasteiger partial charge in [-0.05, 0) is 37.3 Å². The lowest BCUT2D eigenvalue weighted by atomic mass is 9.91. The normalized spacial score (nSPS) is 20.4. The number of halogens is 1. The van der Waals surface area contributed by atoms with E-state index in [1.54, 1.807) is 31.3 Å². The highest BCUT2D eigenvalue weighted by Crippen LogP contribution is 2.35. The first kappa shape index (κ1) is 27.5. The number of aliphatic hydroxyl groups is 1. The van der Waals surface area contributed by atoms with E-state index in [-0.39, 0.29) is 38.1 Å². The van der Waals surface area contributed by atoms with E-state index in [1.165, 1.54) is 12.1 Å². The van der Waals surface area contributed by atoms with E-state index in [4.69, 9.17) is 19.6 Å².